The summed E-state index contributed by atoms with van der Waals surface area (Å²) in [6, 6.07) is 1.83. The van der Waals surface area contributed by atoms with E-state index < -0.39 is 70.7 Å². The number of nitrogens with one attached hydrogen (secondary N) is 2. The van der Waals surface area contributed by atoms with Crippen LogP contribution in [0.25, 0.3) is 22.2 Å². The van der Waals surface area contributed by atoms with Crippen LogP contribution in [-0.4, -0.2) is 60.7 Å². The number of aromatic nitrogens is 5. The van der Waals surface area contributed by atoms with Gasteiger partial charge in [-0.1, -0.05) is 6.92 Å². The number of carbonyl (C=O) groups is 2. The molecule has 5 aromatic rings. The number of anilines is 1. The number of amides is 1. The topological polar surface area (TPSA) is 142 Å². The summed E-state index contributed by atoms with van der Waals surface area (Å²) in [7, 11) is 2.50. The van der Waals surface area contributed by atoms with Gasteiger partial charge in [0, 0.05) is 43.4 Å². The third-order valence-electron chi connectivity index (χ3n) is 7.54. The highest BCUT2D eigenvalue weighted by molar-refractivity contribution is 5.97. The number of esters is 1. The molecule has 0 aliphatic carbocycles. The smallest absolute Gasteiger partial charge is 0.408 e. The number of carbonyl (C=O) groups excluding carboxylic acids is 2. The third-order valence-corrected chi connectivity index (χ3v) is 7.54. The minimum atomic E-state index is -4.69. The Bertz CT molecular complexity index is 2120. The molecule has 0 unspecified atom stereocenters. The molecule has 4 aromatic heterocycles. The van der Waals surface area contributed by atoms with Crippen molar-refractivity contribution in [2.45, 2.75) is 38.0 Å². The van der Waals surface area contributed by atoms with Crippen molar-refractivity contribution in [3.05, 3.63) is 98.8 Å². The van der Waals surface area contributed by atoms with Crippen LogP contribution in [0.4, 0.5) is 27.6 Å². The molecule has 0 spiro atoms. The van der Waals surface area contributed by atoms with Crippen LogP contribution in [0.2, 0.25) is 0 Å². The molecule has 0 aliphatic heterocycles. The summed E-state index contributed by atoms with van der Waals surface area (Å²) in [6.07, 6.45) is 0.214. The Morgan fingerprint density at radius 2 is 1.77 bits per heavy atom. The lowest BCUT2D eigenvalue weighted by molar-refractivity contribution is -0.143. The molecule has 2 N–H and O–H groups in total. The number of rotatable bonds is 9. The summed E-state index contributed by atoms with van der Waals surface area (Å²) in [6.45, 7) is 1.24. The fourth-order valence-electron chi connectivity index (χ4n) is 5.17. The summed E-state index contributed by atoms with van der Waals surface area (Å²) in [5, 5.41) is 4.44. The Morgan fingerprint density at radius 3 is 2.40 bits per heavy atom. The number of alkyl halides is 3. The van der Waals surface area contributed by atoms with Gasteiger partial charge in [-0.05, 0) is 36.8 Å². The van der Waals surface area contributed by atoms with Crippen LogP contribution in [0.15, 0.2) is 64.7 Å². The number of halogens is 5. The maximum Gasteiger partial charge on any atom is 0.408 e. The van der Waals surface area contributed by atoms with Gasteiger partial charge in [-0.15, -0.1) is 0 Å². The van der Waals surface area contributed by atoms with Crippen molar-refractivity contribution >= 4 is 34.1 Å². The van der Waals surface area contributed by atoms with E-state index in [-0.39, 0.29) is 23.1 Å². The van der Waals surface area contributed by atoms with Crippen LogP contribution in [0.5, 0.6) is 0 Å². The summed E-state index contributed by atoms with van der Waals surface area (Å²) in [5.41, 5.74) is -2.11. The second kappa shape index (κ2) is 12.6. The maximum atomic E-state index is 14.9. The molecule has 47 heavy (non-hydrogen) atoms. The molecule has 5 rings (SSSR count). The molecule has 0 radical (unpaired) electrons. The molecule has 0 saturated carbocycles. The summed E-state index contributed by atoms with van der Waals surface area (Å²) < 4.78 is 77.7. The zero-order valence-electron chi connectivity index (χ0n) is 24.9. The van der Waals surface area contributed by atoms with E-state index >= 15 is 0 Å². The van der Waals surface area contributed by atoms with E-state index in [1.54, 1.807) is 0 Å². The van der Waals surface area contributed by atoms with E-state index in [4.69, 9.17) is 4.74 Å². The zero-order chi connectivity index (χ0) is 34.2. The van der Waals surface area contributed by atoms with Gasteiger partial charge in [0.15, 0.2) is 5.65 Å². The lowest BCUT2D eigenvalue weighted by atomic mass is 10.1. The normalized spacial score (nSPS) is 13.0. The summed E-state index contributed by atoms with van der Waals surface area (Å²) in [4.78, 5) is 60.6. The quantitative estimate of drug-likeness (QED) is 0.182. The molecule has 4 heterocycles. The van der Waals surface area contributed by atoms with E-state index in [9.17, 15) is 41.1 Å². The molecule has 0 fully saturated rings. The first-order chi connectivity index (χ1) is 22.3. The van der Waals surface area contributed by atoms with Crippen molar-refractivity contribution < 1.29 is 36.3 Å². The van der Waals surface area contributed by atoms with Gasteiger partial charge in [0.05, 0.1) is 29.9 Å². The number of ether oxygens (including phenoxy) is 1. The van der Waals surface area contributed by atoms with Crippen molar-refractivity contribution in [3.63, 3.8) is 0 Å². The Morgan fingerprint density at radius 1 is 1.06 bits per heavy atom. The fourth-order valence-corrected chi connectivity index (χ4v) is 5.17. The van der Waals surface area contributed by atoms with Gasteiger partial charge in [0.1, 0.15) is 29.3 Å². The minimum Gasteiger partial charge on any atom is -0.467 e. The molecule has 0 aliphatic rings. The van der Waals surface area contributed by atoms with E-state index in [0.29, 0.717) is 23.3 Å². The van der Waals surface area contributed by atoms with Gasteiger partial charge in [-0.2, -0.15) is 13.2 Å². The monoisotopic (exact) mass is 659 g/mol. The second-order valence-corrected chi connectivity index (χ2v) is 10.4. The molecule has 1 amide bonds. The maximum absolute atomic E-state index is 14.9. The average molecular weight is 660 g/mol. The lowest BCUT2D eigenvalue weighted by Gasteiger charge is -2.22. The molecule has 0 bridgehead atoms. The predicted octanol–water partition coefficient (Wildman–Crippen LogP) is 3.28. The Balaban J connectivity index is 1.47. The number of pyridine rings is 2. The van der Waals surface area contributed by atoms with Crippen LogP contribution >= 0.6 is 0 Å². The average Bonchev–Trinajstić information content (AvgIpc) is 3.52. The molecule has 0 saturated heterocycles. The lowest BCUT2D eigenvalue weighted by Crippen LogP contribution is -2.44. The molecule has 1 aromatic carbocycles. The highest BCUT2D eigenvalue weighted by Gasteiger charge is 2.38. The van der Waals surface area contributed by atoms with Crippen molar-refractivity contribution in [3.8, 4) is 5.69 Å². The predicted molar refractivity (Wildman–Crippen MR) is 158 cm³/mol. The van der Waals surface area contributed by atoms with Crippen molar-refractivity contribution in [1.29, 1.82) is 0 Å². The van der Waals surface area contributed by atoms with Crippen LogP contribution in [-0.2, 0) is 23.0 Å². The van der Waals surface area contributed by atoms with Gasteiger partial charge in [-0.3, -0.25) is 19.1 Å². The van der Waals surface area contributed by atoms with Gasteiger partial charge in [0.25, 0.3) is 11.5 Å². The summed E-state index contributed by atoms with van der Waals surface area (Å²) in [5.74, 6) is -5.29. The van der Waals surface area contributed by atoms with E-state index in [1.165, 1.54) is 65.9 Å². The van der Waals surface area contributed by atoms with E-state index in [2.05, 4.69) is 15.3 Å². The Hall–Kier alpha value is -5.61. The SMILES string of the molecule is CC[C@@H](Nc1cc(F)c(C(=O)N[C@@H](Cc2ccc(-n3c(=O)c4ccncc4n(C)c3=O)c3nccn23)C(=O)OC)c(F)c1)C(F)(F)F. The van der Waals surface area contributed by atoms with Gasteiger partial charge >= 0.3 is 17.8 Å². The van der Waals surface area contributed by atoms with Crippen LogP contribution in [0.3, 0.4) is 0 Å². The number of aryl methyl sites for hydroxylation is 1. The Labute approximate surface area is 261 Å². The Kier molecular flexibility index (Phi) is 8.82. The summed E-state index contributed by atoms with van der Waals surface area (Å²) >= 11 is 0. The molecular formula is C30H26F5N7O5. The van der Waals surface area contributed by atoms with Gasteiger partial charge in [0.2, 0.25) is 0 Å². The number of methoxy groups -OCH3 is 1. The molecule has 2 atom stereocenters. The first-order valence-electron chi connectivity index (χ1n) is 14.0. The number of hydrogen-bond acceptors (Lipinski definition) is 8. The van der Waals surface area contributed by atoms with Gasteiger partial charge in [-0.25, -0.2) is 27.9 Å². The molecule has 17 heteroatoms. The number of imidazole rings is 1. The van der Waals surface area contributed by atoms with Crippen molar-refractivity contribution in [1.82, 2.24) is 28.8 Å². The second-order valence-electron chi connectivity index (χ2n) is 10.4. The molecule has 12 nitrogen and oxygen atoms in total. The number of nitrogens with zero attached hydrogens (tertiary/aromatic N) is 5. The van der Waals surface area contributed by atoms with Crippen molar-refractivity contribution in [2.24, 2.45) is 7.05 Å². The zero-order valence-corrected chi connectivity index (χ0v) is 24.9. The van der Waals surface area contributed by atoms with Crippen LogP contribution in [0.1, 0.15) is 29.4 Å². The van der Waals surface area contributed by atoms with Gasteiger partial charge < -0.3 is 19.8 Å². The van der Waals surface area contributed by atoms with E-state index in [0.717, 1.165) is 11.7 Å². The third kappa shape index (κ3) is 6.15. The first kappa shape index (κ1) is 32.8. The number of hydrogen-bond donors (Lipinski definition) is 2. The molecular weight excluding hydrogens is 633 g/mol. The molecule has 246 valence electrons. The number of fused-ring (bicyclic) bond motifs is 2. The van der Waals surface area contributed by atoms with Crippen LogP contribution in [0, 0.1) is 11.6 Å². The highest BCUT2D eigenvalue weighted by atomic mass is 19.4. The first-order valence-corrected chi connectivity index (χ1v) is 14.0. The van der Waals surface area contributed by atoms with E-state index in [1.807, 2.05) is 5.32 Å². The number of benzene rings is 1. The largest absolute Gasteiger partial charge is 0.467 e. The fraction of sp³-hybridized carbons (Fsp3) is 0.267. The minimum absolute atomic E-state index is 0.107. The highest BCUT2D eigenvalue weighted by Crippen LogP contribution is 2.28. The van der Waals surface area contributed by atoms with Crippen molar-refractivity contribution in [2.75, 3.05) is 12.4 Å². The standard InChI is InChI=1S/C30H26F5N7O5/c1-4-23(30(33,34)35)38-15-11-18(31)24(19(32)12-15)26(43)39-20(28(45)47-3)13-16-5-6-21(25-37-9-10-41(16)25)42-27(44)17-7-8-36-14-22(17)40(2)29(42)46/h5-12,14,20,23,38H,4,13H2,1-3H3,(H,39,43)/t20-,23+/m0/s1. The van der Waals surface area contributed by atoms with Crippen LogP contribution < -0.4 is 21.9 Å².